The van der Waals surface area contributed by atoms with Crippen molar-refractivity contribution < 1.29 is 0 Å². The van der Waals surface area contributed by atoms with E-state index in [1.807, 2.05) is 0 Å². The third kappa shape index (κ3) is 6.05. The molecule has 0 atom stereocenters. The van der Waals surface area contributed by atoms with Gasteiger partial charge in [-0.1, -0.05) is 123 Å². The Morgan fingerprint density at radius 1 is 0.333 bits per heavy atom. The van der Waals surface area contributed by atoms with Crippen LogP contribution in [0.25, 0.3) is 0 Å². The molecule has 0 fully saturated rings. The molecule has 0 aromatic heterocycles. The van der Waals surface area contributed by atoms with Gasteiger partial charge in [0, 0.05) is 70.9 Å². The monoisotopic (exact) mass is 850 g/mol. The van der Waals surface area contributed by atoms with Crippen LogP contribution < -0.4 is 19.6 Å². The molecule has 4 heterocycles. The molecule has 0 bridgehead atoms. The first-order chi connectivity index (χ1) is 32.6. The van der Waals surface area contributed by atoms with E-state index in [-0.39, 0.29) is 0 Å². The van der Waals surface area contributed by atoms with Gasteiger partial charge in [-0.05, 0) is 142 Å². The first-order valence-electron chi connectivity index (χ1n) is 23.7. The van der Waals surface area contributed by atoms with E-state index in [4.69, 9.17) is 0 Å². The normalized spacial score (nSPS) is 13.4. The first-order valence-corrected chi connectivity index (χ1v) is 23.7. The molecule has 66 heavy (non-hydrogen) atoms. The van der Waals surface area contributed by atoms with Crippen LogP contribution in [0.4, 0.5) is 68.2 Å². The van der Waals surface area contributed by atoms with E-state index in [2.05, 4.69) is 228 Å². The van der Waals surface area contributed by atoms with E-state index in [1.54, 1.807) is 0 Å². The highest BCUT2D eigenvalue weighted by Gasteiger charge is 2.39. The molecule has 9 aromatic rings. The Balaban J connectivity index is 0.982. The second kappa shape index (κ2) is 15.4. The van der Waals surface area contributed by atoms with Gasteiger partial charge in [0.05, 0.1) is 34.1 Å². The van der Waals surface area contributed by atoms with Crippen molar-refractivity contribution in [3.05, 3.63) is 250 Å². The molecule has 4 aliphatic rings. The molecule has 0 N–H and O–H groups in total. The molecule has 0 spiro atoms. The van der Waals surface area contributed by atoms with Crippen LogP contribution in [0.2, 0.25) is 0 Å². The van der Waals surface area contributed by atoms with E-state index in [0.29, 0.717) is 0 Å². The van der Waals surface area contributed by atoms with Crippen LogP contribution in [-0.4, -0.2) is 0 Å². The third-order valence-corrected chi connectivity index (χ3v) is 14.6. The minimum absolute atomic E-state index is 0.866. The summed E-state index contributed by atoms with van der Waals surface area (Å²) in [5, 5.41) is 0. The van der Waals surface area contributed by atoms with Crippen molar-refractivity contribution in [3.63, 3.8) is 0 Å². The van der Waals surface area contributed by atoms with Gasteiger partial charge in [-0.3, -0.25) is 0 Å². The summed E-state index contributed by atoms with van der Waals surface area (Å²) >= 11 is 0. The summed E-state index contributed by atoms with van der Waals surface area (Å²) in [6.07, 6.45) is 5.50. The summed E-state index contributed by atoms with van der Waals surface area (Å²) in [6, 6.07) is 73.0. The van der Waals surface area contributed by atoms with Crippen LogP contribution in [0.1, 0.15) is 69.5 Å². The van der Waals surface area contributed by atoms with Crippen LogP contribution in [0.5, 0.6) is 0 Å². The van der Waals surface area contributed by atoms with Crippen LogP contribution in [0, 0.1) is 0 Å². The highest BCUT2D eigenvalue weighted by molar-refractivity contribution is 5.98. The van der Waals surface area contributed by atoms with Crippen molar-refractivity contribution in [1.29, 1.82) is 0 Å². The zero-order chi connectivity index (χ0) is 43.9. The Kier molecular flexibility index (Phi) is 9.02. The van der Waals surface area contributed by atoms with Crippen molar-refractivity contribution >= 4 is 68.2 Å². The van der Waals surface area contributed by atoms with Crippen molar-refractivity contribution in [2.45, 2.75) is 52.4 Å². The van der Waals surface area contributed by atoms with E-state index < -0.39 is 0 Å². The molecular weight excluding hydrogens is 801 g/mol. The van der Waals surface area contributed by atoms with Crippen molar-refractivity contribution in [3.8, 4) is 0 Å². The number of para-hydroxylation sites is 4. The fourth-order valence-corrected chi connectivity index (χ4v) is 11.4. The maximum atomic E-state index is 2.62. The first kappa shape index (κ1) is 38.6. The molecule has 4 heteroatoms. The number of anilines is 12. The van der Waals surface area contributed by atoms with Gasteiger partial charge >= 0.3 is 0 Å². The number of hydrogen-bond acceptors (Lipinski definition) is 4. The second-order valence-electron chi connectivity index (χ2n) is 18.3. The van der Waals surface area contributed by atoms with Crippen LogP contribution in [0.15, 0.2) is 194 Å². The molecule has 0 aliphatic carbocycles. The molecule has 4 aliphatic heterocycles. The zero-order valence-corrected chi connectivity index (χ0v) is 37.5. The minimum atomic E-state index is 0.866. The lowest BCUT2D eigenvalue weighted by Crippen LogP contribution is -2.29. The molecule has 0 amide bonds. The van der Waals surface area contributed by atoms with Gasteiger partial charge in [0.1, 0.15) is 0 Å². The average Bonchev–Trinajstić information content (AvgIpc) is 3.38. The lowest BCUT2D eigenvalue weighted by Gasteiger charge is -2.44. The fraction of sp³-hybridized carbons (Fsp3) is 0.129. The topological polar surface area (TPSA) is 13.0 Å². The predicted molar refractivity (Wildman–Crippen MR) is 275 cm³/mol. The summed E-state index contributed by atoms with van der Waals surface area (Å²) < 4.78 is 0. The maximum absolute atomic E-state index is 2.62. The smallest absolute Gasteiger partial charge is 0.0553 e. The number of hydrogen-bond donors (Lipinski definition) is 0. The molecule has 0 radical (unpaired) electrons. The van der Waals surface area contributed by atoms with E-state index in [1.165, 1.54) is 113 Å². The van der Waals surface area contributed by atoms with Crippen molar-refractivity contribution in [2.24, 2.45) is 0 Å². The molecule has 9 aromatic carbocycles. The summed E-state index contributed by atoms with van der Waals surface area (Å²) in [6.45, 7) is 4.45. The number of rotatable bonds is 8. The van der Waals surface area contributed by atoms with Crippen LogP contribution >= 0.6 is 0 Å². The highest BCUT2D eigenvalue weighted by atomic mass is 15.2. The fourth-order valence-electron chi connectivity index (χ4n) is 11.4. The Bertz CT molecular complexity index is 3110. The van der Waals surface area contributed by atoms with Crippen molar-refractivity contribution in [1.82, 2.24) is 0 Å². The average molecular weight is 851 g/mol. The van der Waals surface area contributed by atoms with Gasteiger partial charge in [-0.15, -0.1) is 0 Å². The van der Waals surface area contributed by atoms with Gasteiger partial charge in [0.15, 0.2) is 0 Å². The van der Waals surface area contributed by atoms with Crippen LogP contribution in [0.3, 0.4) is 0 Å². The number of fused-ring (bicyclic) bond motifs is 8. The van der Waals surface area contributed by atoms with Gasteiger partial charge in [0.2, 0.25) is 0 Å². The molecule has 0 saturated heterocycles. The highest BCUT2D eigenvalue weighted by Crippen LogP contribution is 2.58. The lowest BCUT2D eigenvalue weighted by atomic mass is 9.81. The summed E-state index contributed by atoms with van der Waals surface area (Å²) in [5.74, 6) is 0. The molecule has 13 rings (SSSR count). The molecular formula is C62H50N4. The predicted octanol–water partition coefficient (Wildman–Crippen LogP) is 16.3. The second-order valence-corrected chi connectivity index (χ2v) is 18.3. The van der Waals surface area contributed by atoms with E-state index in [9.17, 15) is 0 Å². The molecule has 318 valence electrons. The quantitative estimate of drug-likeness (QED) is 0.151. The SMILES string of the molecule is CCc1ccc(N(c2ccccc2)c2ccc3c4c2Cc2ccccc2N4c2cc4c(cc2C3)N2c3ccccc3Cc3c(N(c5ccccc5)c5ccc(CC)cc5)ccc(c32)C4)cc1. The molecule has 4 nitrogen and oxygen atoms in total. The summed E-state index contributed by atoms with van der Waals surface area (Å²) in [7, 11) is 0. The van der Waals surface area contributed by atoms with Gasteiger partial charge < -0.3 is 19.6 Å². The Labute approximate surface area is 388 Å². The Morgan fingerprint density at radius 2 is 0.712 bits per heavy atom. The lowest BCUT2D eigenvalue weighted by molar-refractivity contribution is 0.978. The number of benzene rings is 9. The van der Waals surface area contributed by atoms with E-state index in [0.717, 1.165) is 49.9 Å². The summed E-state index contributed by atoms with van der Waals surface area (Å²) in [4.78, 5) is 10.2. The van der Waals surface area contributed by atoms with E-state index >= 15 is 0 Å². The number of nitrogens with zero attached hydrogens (tertiary/aromatic N) is 4. The Morgan fingerprint density at radius 3 is 1.12 bits per heavy atom. The Hall–Kier alpha value is -7.82. The van der Waals surface area contributed by atoms with Crippen molar-refractivity contribution in [2.75, 3.05) is 19.6 Å². The zero-order valence-electron chi connectivity index (χ0n) is 37.5. The van der Waals surface area contributed by atoms with Gasteiger partial charge in [-0.25, -0.2) is 0 Å². The minimum Gasteiger partial charge on any atom is -0.310 e. The molecule has 0 saturated carbocycles. The third-order valence-electron chi connectivity index (χ3n) is 14.6. The number of aryl methyl sites for hydroxylation is 2. The standard InChI is InChI=1S/C62H50N4/c1-3-41-23-29-51(30-24-41)63(49-17-7-5-8-18-49)57-33-27-45-35-47-40-60-48(39-59(47)65-55-21-13-11-15-43(55)37-53(57)61(45)65)36-46-28-34-58(54-38-44-16-12-14-22-56(44)66(60)62(46)54)64(50-19-9-6-10-20-50)52-31-25-42(4-2)26-32-52/h5-34,39-40H,3-4,35-38H2,1-2H3. The summed E-state index contributed by atoms with van der Waals surface area (Å²) in [5.41, 5.74) is 28.6. The largest absolute Gasteiger partial charge is 0.310 e. The maximum Gasteiger partial charge on any atom is 0.0553 e. The molecule has 0 unspecified atom stereocenters. The van der Waals surface area contributed by atoms with Gasteiger partial charge in [0.25, 0.3) is 0 Å². The van der Waals surface area contributed by atoms with Crippen LogP contribution in [-0.2, 0) is 38.5 Å². The van der Waals surface area contributed by atoms with Gasteiger partial charge in [-0.2, -0.15) is 0 Å².